The molecule has 1 fully saturated rings. The lowest BCUT2D eigenvalue weighted by Gasteiger charge is -2.46. The molecule has 4 heterocycles. The van der Waals surface area contributed by atoms with Crippen molar-refractivity contribution in [1.29, 1.82) is 0 Å². The first-order valence-corrected chi connectivity index (χ1v) is 12.0. The number of amides is 1. The van der Waals surface area contributed by atoms with Gasteiger partial charge in [0, 0.05) is 24.2 Å². The number of pyridine rings is 1. The molecular formula is C27H28N2O5. The number of carbonyl (C=O) groups excluding carboxylic acids is 1. The van der Waals surface area contributed by atoms with E-state index in [9.17, 15) is 9.59 Å². The van der Waals surface area contributed by atoms with Gasteiger partial charge in [0.05, 0.1) is 12.6 Å². The molecule has 1 atom stereocenters. The van der Waals surface area contributed by atoms with Crippen LogP contribution in [0.15, 0.2) is 57.9 Å². The summed E-state index contributed by atoms with van der Waals surface area (Å²) in [6.07, 6.45) is 6.13. The van der Waals surface area contributed by atoms with Crippen LogP contribution in [0.4, 0.5) is 0 Å². The Balaban J connectivity index is 1.33. The summed E-state index contributed by atoms with van der Waals surface area (Å²) in [6, 6.07) is 12.6. The minimum absolute atomic E-state index is 0.0693. The number of furan rings is 1. The van der Waals surface area contributed by atoms with E-state index in [1.807, 2.05) is 4.90 Å². The normalized spacial score (nSPS) is 20.4. The lowest BCUT2D eigenvalue weighted by atomic mass is 9.71. The Labute approximate surface area is 197 Å². The van der Waals surface area contributed by atoms with E-state index in [0.717, 1.165) is 42.7 Å². The largest absolute Gasteiger partial charge is 0.486 e. The molecule has 3 aromatic rings. The van der Waals surface area contributed by atoms with Crippen molar-refractivity contribution in [2.45, 2.75) is 50.6 Å². The maximum Gasteiger partial charge on any atom is 0.290 e. The zero-order valence-electron chi connectivity index (χ0n) is 19.3. The van der Waals surface area contributed by atoms with Gasteiger partial charge in [-0.3, -0.25) is 9.59 Å². The minimum atomic E-state index is -0.119. The maximum absolute atomic E-state index is 13.7. The van der Waals surface area contributed by atoms with Crippen molar-refractivity contribution in [2.75, 3.05) is 19.8 Å². The highest BCUT2D eigenvalue weighted by molar-refractivity contribution is 5.92. The second-order valence-corrected chi connectivity index (χ2v) is 9.61. The van der Waals surface area contributed by atoms with Crippen molar-refractivity contribution in [1.82, 2.24) is 9.47 Å². The molecule has 7 nitrogen and oxygen atoms in total. The fraction of sp³-hybridized carbons (Fsp3) is 0.407. The zero-order chi connectivity index (χ0) is 23.3. The number of hydrogen-bond acceptors (Lipinski definition) is 5. The molecule has 0 saturated heterocycles. The first-order valence-electron chi connectivity index (χ1n) is 12.0. The Morgan fingerprint density at radius 3 is 2.59 bits per heavy atom. The first kappa shape index (κ1) is 21.1. The van der Waals surface area contributed by atoms with Crippen LogP contribution in [-0.2, 0) is 12.0 Å². The van der Waals surface area contributed by atoms with Crippen molar-refractivity contribution in [3.63, 3.8) is 0 Å². The molecule has 6 rings (SSSR count). The van der Waals surface area contributed by atoms with Gasteiger partial charge in [-0.05, 0) is 61.2 Å². The van der Waals surface area contributed by atoms with Crippen molar-refractivity contribution < 1.29 is 18.7 Å². The molecule has 0 bridgehead atoms. The fourth-order valence-electron chi connectivity index (χ4n) is 5.83. The van der Waals surface area contributed by atoms with Crippen LogP contribution < -0.4 is 15.0 Å². The van der Waals surface area contributed by atoms with Crippen molar-refractivity contribution >= 4 is 5.91 Å². The van der Waals surface area contributed by atoms with Crippen LogP contribution in [0.1, 0.15) is 66.1 Å². The highest BCUT2D eigenvalue weighted by Crippen LogP contribution is 2.52. The van der Waals surface area contributed by atoms with Crippen molar-refractivity contribution in [3.05, 3.63) is 81.7 Å². The number of fused-ring (bicyclic) bond motifs is 3. The average Bonchev–Trinajstić information content (AvgIpc) is 3.52. The molecule has 176 valence electrons. The predicted octanol–water partition coefficient (Wildman–Crippen LogP) is 4.29. The summed E-state index contributed by atoms with van der Waals surface area (Å²) in [5, 5.41) is 0. The Bertz CT molecular complexity index is 1300. The monoisotopic (exact) mass is 460 g/mol. The highest BCUT2D eigenvalue weighted by atomic mass is 16.6. The summed E-state index contributed by atoms with van der Waals surface area (Å²) < 4.78 is 19.3. The zero-order valence-corrected chi connectivity index (χ0v) is 19.3. The Morgan fingerprint density at radius 2 is 1.82 bits per heavy atom. The topological polar surface area (TPSA) is 73.9 Å². The van der Waals surface area contributed by atoms with E-state index in [1.165, 1.54) is 11.6 Å². The van der Waals surface area contributed by atoms with Crippen LogP contribution in [-0.4, -0.2) is 35.1 Å². The quantitative estimate of drug-likeness (QED) is 0.583. The lowest BCUT2D eigenvalue weighted by molar-refractivity contribution is 0.0559. The smallest absolute Gasteiger partial charge is 0.290 e. The fourth-order valence-corrected chi connectivity index (χ4v) is 5.83. The molecule has 1 saturated carbocycles. The van der Waals surface area contributed by atoms with E-state index < -0.39 is 0 Å². The van der Waals surface area contributed by atoms with Gasteiger partial charge in [-0.25, -0.2) is 0 Å². The standard InChI is InChI=1S/C27H28N2O5/c1-18-20-14-23-24(33-13-12-32-23)15-21(20)27(9-3-4-10-27)17-29(18)26(31)22-8-7-19(34-22)16-28-11-5-2-6-25(28)30/h2,5-8,11,14-15,18H,3-4,9-10,12-13,16-17H2,1H3. The molecule has 1 unspecified atom stereocenters. The molecule has 1 spiro atoms. The number of rotatable bonds is 3. The number of carbonyl (C=O) groups is 1. The molecule has 1 amide bonds. The van der Waals surface area contributed by atoms with E-state index >= 15 is 0 Å². The summed E-state index contributed by atoms with van der Waals surface area (Å²) in [4.78, 5) is 27.7. The number of nitrogens with zero attached hydrogens (tertiary/aromatic N) is 2. The van der Waals surface area contributed by atoms with E-state index in [0.29, 0.717) is 37.8 Å². The van der Waals surface area contributed by atoms with Gasteiger partial charge in [-0.15, -0.1) is 0 Å². The molecule has 2 aromatic heterocycles. The van der Waals surface area contributed by atoms with Gasteiger partial charge in [0.25, 0.3) is 11.5 Å². The Kier molecular flexibility index (Phi) is 5.01. The molecule has 7 heteroatoms. The van der Waals surface area contributed by atoms with Gasteiger partial charge in [0.1, 0.15) is 19.0 Å². The number of ether oxygens (including phenoxy) is 2. The van der Waals surface area contributed by atoms with Crippen LogP contribution in [0.3, 0.4) is 0 Å². The van der Waals surface area contributed by atoms with Gasteiger partial charge < -0.3 is 23.4 Å². The van der Waals surface area contributed by atoms with E-state index in [2.05, 4.69) is 19.1 Å². The Hall–Kier alpha value is -3.48. The van der Waals surface area contributed by atoms with E-state index in [-0.39, 0.29) is 22.9 Å². The summed E-state index contributed by atoms with van der Waals surface area (Å²) in [6.45, 7) is 4.12. The summed E-state index contributed by atoms with van der Waals surface area (Å²) >= 11 is 0. The van der Waals surface area contributed by atoms with Crippen LogP contribution in [0.25, 0.3) is 0 Å². The number of aromatic nitrogens is 1. The second kappa shape index (κ2) is 8.08. The van der Waals surface area contributed by atoms with Crippen LogP contribution in [0, 0.1) is 0 Å². The minimum Gasteiger partial charge on any atom is -0.486 e. The summed E-state index contributed by atoms with van der Waals surface area (Å²) in [5.74, 6) is 2.34. The van der Waals surface area contributed by atoms with E-state index in [4.69, 9.17) is 13.9 Å². The van der Waals surface area contributed by atoms with Crippen molar-refractivity contribution in [3.8, 4) is 11.5 Å². The Morgan fingerprint density at radius 1 is 1.06 bits per heavy atom. The molecule has 2 aliphatic heterocycles. The number of hydrogen-bond donors (Lipinski definition) is 0. The summed E-state index contributed by atoms with van der Waals surface area (Å²) in [7, 11) is 0. The lowest BCUT2D eigenvalue weighted by Crippen LogP contribution is -2.48. The third kappa shape index (κ3) is 3.42. The third-order valence-corrected chi connectivity index (χ3v) is 7.60. The van der Waals surface area contributed by atoms with Gasteiger partial charge in [-0.2, -0.15) is 0 Å². The SMILES string of the molecule is CC1c2cc3c(cc2C2(CCCC2)CN1C(=O)c1ccc(Cn2ccccc2=O)o1)OCCO3. The van der Waals surface area contributed by atoms with Crippen LogP contribution in [0.2, 0.25) is 0 Å². The summed E-state index contributed by atoms with van der Waals surface area (Å²) in [5.41, 5.74) is 2.26. The van der Waals surface area contributed by atoms with Crippen LogP contribution in [0.5, 0.6) is 11.5 Å². The maximum atomic E-state index is 13.7. The molecule has 1 aliphatic carbocycles. The molecule has 0 N–H and O–H groups in total. The van der Waals surface area contributed by atoms with Gasteiger partial charge in [0.15, 0.2) is 17.3 Å². The van der Waals surface area contributed by atoms with Gasteiger partial charge in [-0.1, -0.05) is 18.9 Å². The molecule has 34 heavy (non-hydrogen) atoms. The van der Waals surface area contributed by atoms with Gasteiger partial charge in [0.2, 0.25) is 0 Å². The third-order valence-electron chi connectivity index (χ3n) is 7.60. The van der Waals surface area contributed by atoms with Crippen LogP contribution >= 0.6 is 0 Å². The van der Waals surface area contributed by atoms with E-state index in [1.54, 1.807) is 35.0 Å². The van der Waals surface area contributed by atoms with Gasteiger partial charge >= 0.3 is 0 Å². The molecular weight excluding hydrogens is 432 g/mol. The second-order valence-electron chi connectivity index (χ2n) is 9.61. The first-order chi connectivity index (χ1) is 16.5. The van der Waals surface area contributed by atoms with Crippen molar-refractivity contribution in [2.24, 2.45) is 0 Å². The predicted molar refractivity (Wildman–Crippen MR) is 126 cm³/mol. The molecule has 1 aromatic carbocycles. The molecule has 3 aliphatic rings. The highest BCUT2D eigenvalue weighted by Gasteiger charge is 2.46. The molecule has 0 radical (unpaired) electrons. The average molecular weight is 461 g/mol. The number of benzene rings is 1.